The van der Waals surface area contributed by atoms with Crippen molar-refractivity contribution in [2.24, 2.45) is 0 Å². The van der Waals surface area contributed by atoms with Crippen LogP contribution in [0, 0.1) is 0 Å². The standard InChI is InChI=1S/C33H43NO9/c1-35-33-24-28-8-11-32(33)43-23-19-39-15-14-38-18-22-42-31-5-3-2-4-30(31)41-21-17-37-13-12-36-16-20-40-29-9-6-27(7-10-29)25-34-26-28/h2-11,24,34H,12-23,25-26H2,1H3. The first-order valence-corrected chi connectivity index (χ1v) is 14.7. The smallest absolute Gasteiger partial charge is 0.161 e. The lowest BCUT2D eigenvalue weighted by Crippen LogP contribution is -2.14. The van der Waals surface area contributed by atoms with Crippen LogP contribution in [-0.2, 0) is 32.0 Å². The Kier molecular flexibility index (Phi) is 14.8. The summed E-state index contributed by atoms with van der Waals surface area (Å²) in [6, 6.07) is 21.6. The van der Waals surface area contributed by atoms with Crippen LogP contribution in [0.5, 0.6) is 28.7 Å². The van der Waals surface area contributed by atoms with Crippen molar-refractivity contribution in [2.45, 2.75) is 13.1 Å². The summed E-state index contributed by atoms with van der Waals surface area (Å²) in [6.07, 6.45) is 0. The molecule has 1 N–H and O–H groups in total. The number of hydrogen-bond donors (Lipinski definition) is 1. The zero-order valence-electron chi connectivity index (χ0n) is 24.9. The summed E-state index contributed by atoms with van der Waals surface area (Å²) in [5, 5.41) is 3.47. The fourth-order valence-electron chi connectivity index (χ4n) is 4.18. The molecule has 3 aliphatic heterocycles. The quantitative estimate of drug-likeness (QED) is 0.438. The number of ether oxygens (including phenoxy) is 9. The van der Waals surface area contributed by atoms with Gasteiger partial charge in [-0.25, -0.2) is 0 Å². The predicted molar refractivity (Wildman–Crippen MR) is 162 cm³/mol. The van der Waals surface area contributed by atoms with E-state index in [2.05, 4.69) is 17.4 Å². The lowest BCUT2D eigenvalue weighted by Gasteiger charge is -2.13. The first kappa shape index (κ1) is 32.4. The van der Waals surface area contributed by atoms with Gasteiger partial charge in [0.2, 0.25) is 0 Å². The van der Waals surface area contributed by atoms with Crippen LogP contribution >= 0.6 is 0 Å². The zero-order chi connectivity index (χ0) is 29.8. The molecule has 6 rings (SSSR count). The molecule has 3 aromatic rings. The molecule has 3 heterocycles. The van der Waals surface area contributed by atoms with E-state index in [4.69, 9.17) is 42.6 Å². The van der Waals surface area contributed by atoms with E-state index in [1.807, 2.05) is 54.6 Å². The Morgan fingerprint density at radius 1 is 0.488 bits per heavy atom. The highest BCUT2D eigenvalue weighted by molar-refractivity contribution is 5.43. The zero-order valence-corrected chi connectivity index (χ0v) is 24.9. The Morgan fingerprint density at radius 3 is 1.51 bits per heavy atom. The minimum absolute atomic E-state index is 0.400. The van der Waals surface area contributed by atoms with Gasteiger partial charge in [0.1, 0.15) is 32.2 Å². The fourth-order valence-corrected chi connectivity index (χ4v) is 4.18. The van der Waals surface area contributed by atoms with Gasteiger partial charge in [0.15, 0.2) is 23.0 Å². The molecular weight excluding hydrogens is 554 g/mol. The van der Waals surface area contributed by atoms with Gasteiger partial charge >= 0.3 is 0 Å². The molecule has 234 valence electrons. The van der Waals surface area contributed by atoms with Crippen LogP contribution in [0.1, 0.15) is 11.1 Å². The third-order valence-electron chi connectivity index (χ3n) is 6.35. The van der Waals surface area contributed by atoms with Crippen molar-refractivity contribution < 1.29 is 42.6 Å². The molecule has 43 heavy (non-hydrogen) atoms. The molecule has 0 saturated carbocycles. The topological polar surface area (TPSA) is 95.1 Å². The molecule has 10 heteroatoms. The van der Waals surface area contributed by atoms with Gasteiger partial charge in [-0.2, -0.15) is 0 Å². The van der Waals surface area contributed by atoms with E-state index in [9.17, 15) is 0 Å². The summed E-state index contributed by atoms with van der Waals surface area (Å²) in [7, 11) is 1.64. The molecule has 10 nitrogen and oxygen atoms in total. The third-order valence-corrected chi connectivity index (χ3v) is 6.35. The van der Waals surface area contributed by atoms with Crippen molar-refractivity contribution in [1.29, 1.82) is 0 Å². The summed E-state index contributed by atoms with van der Waals surface area (Å²) >= 11 is 0. The van der Waals surface area contributed by atoms with E-state index in [0.29, 0.717) is 109 Å². The highest BCUT2D eigenvalue weighted by Crippen LogP contribution is 2.28. The molecule has 0 aliphatic carbocycles. The Bertz CT molecular complexity index is 1180. The number of para-hydroxylation sites is 2. The maximum Gasteiger partial charge on any atom is 0.161 e. The van der Waals surface area contributed by atoms with Crippen LogP contribution in [0.15, 0.2) is 66.7 Å². The molecule has 0 fully saturated rings. The van der Waals surface area contributed by atoms with Gasteiger partial charge in [-0.15, -0.1) is 0 Å². The van der Waals surface area contributed by atoms with Gasteiger partial charge in [-0.05, 0) is 47.5 Å². The van der Waals surface area contributed by atoms with Crippen LogP contribution < -0.4 is 29.0 Å². The normalized spacial score (nSPS) is 17.3. The molecule has 0 unspecified atom stereocenters. The van der Waals surface area contributed by atoms with Gasteiger partial charge in [0.25, 0.3) is 0 Å². The highest BCUT2D eigenvalue weighted by Gasteiger charge is 2.07. The molecule has 4 bridgehead atoms. The maximum atomic E-state index is 5.88. The molecule has 0 saturated heterocycles. The van der Waals surface area contributed by atoms with Crippen molar-refractivity contribution in [3.8, 4) is 28.7 Å². The molecule has 0 spiro atoms. The van der Waals surface area contributed by atoms with E-state index < -0.39 is 0 Å². The molecule has 0 amide bonds. The summed E-state index contributed by atoms with van der Waals surface area (Å²) in [4.78, 5) is 0. The second-order valence-electron chi connectivity index (χ2n) is 9.52. The van der Waals surface area contributed by atoms with Gasteiger partial charge in [0, 0.05) is 13.1 Å². The number of benzene rings is 3. The van der Waals surface area contributed by atoms with Gasteiger partial charge < -0.3 is 47.9 Å². The van der Waals surface area contributed by atoms with E-state index in [0.717, 1.165) is 17.9 Å². The third kappa shape index (κ3) is 12.3. The van der Waals surface area contributed by atoms with Crippen molar-refractivity contribution in [2.75, 3.05) is 86.4 Å². The first-order valence-electron chi connectivity index (χ1n) is 14.7. The molecule has 3 aromatic carbocycles. The lowest BCUT2D eigenvalue weighted by molar-refractivity contribution is 0.0246. The van der Waals surface area contributed by atoms with Gasteiger partial charge in [0.05, 0.1) is 60.0 Å². The van der Waals surface area contributed by atoms with Crippen LogP contribution in [-0.4, -0.2) is 86.4 Å². The minimum Gasteiger partial charge on any atom is -0.493 e. The Balaban J connectivity index is 1.25. The Morgan fingerprint density at radius 2 is 0.953 bits per heavy atom. The fraction of sp³-hybridized carbons (Fsp3) is 0.455. The SMILES string of the molecule is COc1cc2ccc1OCCOCCOCCOc1ccccc1OCCOCCOCCOc1ccc(cc1)CNC2. The summed E-state index contributed by atoms with van der Waals surface area (Å²) in [5.41, 5.74) is 2.27. The highest BCUT2D eigenvalue weighted by atomic mass is 16.6. The molecule has 0 atom stereocenters. The van der Waals surface area contributed by atoms with Crippen LogP contribution in [0.4, 0.5) is 0 Å². The lowest BCUT2D eigenvalue weighted by atomic mass is 10.2. The largest absolute Gasteiger partial charge is 0.493 e. The number of hydrogen-bond acceptors (Lipinski definition) is 10. The number of rotatable bonds is 1. The summed E-state index contributed by atoms with van der Waals surface area (Å²) in [6.45, 7) is 6.82. The van der Waals surface area contributed by atoms with Crippen molar-refractivity contribution in [3.63, 3.8) is 0 Å². The average Bonchev–Trinajstić information content (AvgIpc) is 3.04. The van der Waals surface area contributed by atoms with E-state index in [1.165, 1.54) is 5.56 Å². The maximum absolute atomic E-state index is 5.88. The minimum atomic E-state index is 0.400. The van der Waals surface area contributed by atoms with Crippen molar-refractivity contribution in [1.82, 2.24) is 5.32 Å². The first-order chi connectivity index (χ1) is 21.3. The number of nitrogens with one attached hydrogen (secondary N) is 1. The predicted octanol–water partition coefficient (Wildman–Crippen LogP) is 4.28. The van der Waals surface area contributed by atoms with E-state index in [1.54, 1.807) is 7.11 Å². The van der Waals surface area contributed by atoms with Crippen molar-refractivity contribution in [3.05, 3.63) is 77.9 Å². The van der Waals surface area contributed by atoms with Crippen LogP contribution in [0.3, 0.4) is 0 Å². The molecule has 3 aliphatic rings. The summed E-state index contributed by atoms with van der Waals surface area (Å²) < 4.78 is 51.4. The van der Waals surface area contributed by atoms with E-state index >= 15 is 0 Å². The van der Waals surface area contributed by atoms with Gasteiger partial charge in [-0.3, -0.25) is 0 Å². The average molecular weight is 598 g/mol. The van der Waals surface area contributed by atoms with Crippen LogP contribution in [0.25, 0.3) is 0 Å². The van der Waals surface area contributed by atoms with Gasteiger partial charge in [-0.1, -0.05) is 30.3 Å². The second-order valence-corrected chi connectivity index (χ2v) is 9.52. The molecule has 0 radical (unpaired) electrons. The van der Waals surface area contributed by atoms with E-state index in [-0.39, 0.29) is 0 Å². The number of fused-ring (bicyclic) bond motifs is 2. The monoisotopic (exact) mass is 597 g/mol. The van der Waals surface area contributed by atoms with Crippen molar-refractivity contribution >= 4 is 0 Å². The molecule has 0 aromatic heterocycles. The number of methoxy groups -OCH3 is 1. The Hall–Kier alpha value is -3.54. The van der Waals surface area contributed by atoms with Crippen LogP contribution in [0.2, 0.25) is 0 Å². The molecular formula is C33H43NO9. The summed E-state index contributed by atoms with van der Waals surface area (Å²) in [5.74, 6) is 3.51. The Labute approximate surface area is 254 Å². The second kappa shape index (κ2) is 19.6.